The molecule has 0 saturated carbocycles. The number of ether oxygens (including phenoxy) is 1. The van der Waals surface area contributed by atoms with Gasteiger partial charge in [-0.1, -0.05) is 13.8 Å². The SMILES string of the molecule is CC(C)NCCOc1c(I)cc(I)cc1I. The van der Waals surface area contributed by atoms with Gasteiger partial charge in [0.15, 0.2) is 0 Å². The molecule has 16 heavy (non-hydrogen) atoms. The Labute approximate surface area is 138 Å². The molecule has 0 heterocycles. The monoisotopic (exact) mass is 557 g/mol. The lowest BCUT2D eigenvalue weighted by molar-refractivity contribution is 0.305. The van der Waals surface area contributed by atoms with Crippen LogP contribution in [0.15, 0.2) is 12.1 Å². The zero-order chi connectivity index (χ0) is 12.1. The minimum atomic E-state index is 0.512. The molecule has 1 N–H and O–H groups in total. The van der Waals surface area contributed by atoms with Crippen molar-refractivity contribution in [2.75, 3.05) is 13.2 Å². The van der Waals surface area contributed by atoms with Crippen LogP contribution in [0.25, 0.3) is 0 Å². The average molecular weight is 557 g/mol. The van der Waals surface area contributed by atoms with E-state index < -0.39 is 0 Å². The van der Waals surface area contributed by atoms with Crippen molar-refractivity contribution in [3.05, 3.63) is 22.8 Å². The van der Waals surface area contributed by atoms with Crippen LogP contribution in [0.3, 0.4) is 0 Å². The van der Waals surface area contributed by atoms with Gasteiger partial charge in [-0.3, -0.25) is 0 Å². The molecule has 90 valence electrons. The highest BCUT2D eigenvalue weighted by Gasteiger charge is 2.07. The minimum absolute atomic E-state index is 0.512. The summed E-state index contributed by atoms with van der Waals surface area (Å²) in [6.45, 7) is 5.87. The molecular formula is C11H14I3NO. The van der Waals surface area contributed by atoms with Crippen molar-refractivity contribution >= 4 is 67.8 Å². The molecule has 0 aliphatic heterocycles. The van der Waals surface area contributed by atoms with Crippen LogP contribution in [0, 0.1) is 10.7 Å². The van der Waals surface area contributed by atoms with Gasteiger partial charge in [-0.05, 0) is 79.9 Å². The summed E-state index contributed by atoms with van der Waals surface area (Å²) in [5.41, 5.74) is 0. The number of nitrogens with one attached hydrogen (secondary N) is 1. The van der Waals surface area contributed by atoms with Gasteiger partial charge in [0.05, 0.1) is 7.14 Å². The van der Waals surface area contributed by atoms with Gasteiger partial charge >= 0.3 is 0 Å². The third-order valence-corrected chi connectivity index (χ3v) is 4.09. The van der Waals surface area contributed by atoms with Crippen molar-refractivity contribution in [1.29, 1.82) is 0 Å². The predicted molar refractivity (Wildman–Crippen MR) is 93.2 cm³/mol. The fraction of sp³-hybridized carbons (Fsp3) is 0.455. The highest BCUT2D eigenvalue weighted by molar-refractivity contribution is 14.1. The minimum Gasteiger partial charge on any atom is -0.490 e. The lowest BCUT2D eigenvalue weighted by Crippen LogP contribution is -2.27. The van der Waals surface area contributed by atoms with Crippen molar-refractivity contribution in [2.24, 2.45) is 0 Å². The molecule has 2 nitrogen and oxygen atoms in total. The second kappa shape index (κ2) is 7.57. The Morgan fingerprint density at radius 3 is 2.25 bits per heavy atom. The first-order chi connectivity index (χ1) is 7.50. The number of hydrogen-bond acceptors (Lipinski definition) is 2. The number of benzene rings is 1. The number of hydrogen-bond donors (Lipinski definition) is 1. The van der Waals surface area contributed by atoms with Crippen molar-refractivity contribution in [2.45, 2.75) is 19.9 Å². The Morgan fingerprint density at radius 2 is 1.75 bits per heavy atom. The maximum atomic E-state index is 5.79. The molecule has 0 saturated heterocycles. The van der Waals surface area contributed by atoms with Crippen LogP contribution in [0.1, 0.15) is 13.8 Å². The Bertz CT molecular complexity index is 332. The van der Waals surface area contributed by atoms with E-state index in [1.165, 1.54) is 10.7 Å². The quantitative estimate of drug-likeness (QED) is 0.439. The highest BCUT2D eigenvalue weighted by atomic mass is 127. The van der Waals surface area contributed by atoms with Crippen LogP contribution in [0.4, 0.5) is 0 Å². The first-order valence-electron chi connectivity index (χ1n) is 5.01. The van der Waals surface area contributed by atoms with E-state index in [2.05, 4.69) is 99.1 Å². The van der Waals surface area contributed by atoms with Gasteiger partial charge in [0.1, 0.15) is 12.4 Å². The Kier molecular flexibility index (Phi) is 7.21. The smallest absolute Gasteiger partial charge is 0.146 e. The summed E-state index contributed by atoms with van der Waals surface area (Å²) in [6.07, 6.45) is 0. The fourth-order valence-corrected chi connectivity index (χ4v) is 5.06. The van der Waals surface area contributed by atoms with Gasteiger partial charge in [0.25, 0.3) is 0 Å². The van der Waals surface area contributed by atoms with Crippen LogP contribution in [0.2, 0.25) is 0 Å². The van der Waals surface area contributed by atoms with Gasteiger partial charge in [-0.2, -0.15) is 0 Å². The van der Waals surface area contributed by atoms with E-state index in [-0.39, 0.29) is 0 Å². The van der Waals surface area contributed by atoms with E-state index >= 15 is 0 Å². The van der Waals surface area contributed by atoms with Crippen LogP contribution in [-0.2, 0) is 0 Å². The average Bonchev–Trinajstić information content (AvgIpc) is 2.14. The molecule has 0 bridgehead atoms. The lowest BCUT2D eigenvalue weighted by atomic mass is 10.3. The van der Waals surface area contributed by atoms with Crippen LogP contribution in [-0.4, -0.2) is 19.2 Å². The predicted octanol–water partition coefficient (Wildman–Crippen LogP) is 3.88. The molecule has 5 heteroatoms. The largest absolute Gasteiger partial charge is 0.490 e. The van der Waals surface area contributed by atoms with Gasteiger partial charge in [-0.25, -0.2) is 0 Å². The van der Waals surface area contributed by atoms with Gasteiger partial charge in [0, 0.05) is 16.2 Å². The molecule has 0 unspecified atom stereocenters. The topological polar surface area (TPSA) is 21.3 Å². The van der Waals surface area contributed by atoms with Crippen LogP contribution >= 0.6 is 67.8 Å². The van der Waals surface area contributed by atoms with E-state index in [1.807, 2.05) is 0 Å². The van der Waals surface area contributed by atoms with Crippen LogP contribution < -0.4 is 10.1 Å². The molecular weight excluding hydrogens is 543 g/mol. The van der Waals surface area contributed by atoms with E-state index in [9.17, 15) is 0 Å². The van der Waals surface area contributed by atoms with E-state index in [0.717, 1.165) is 12.3 Å². The zero-order valence-electron chi connectivity index (χ0n) is 9.19. The van der Waals surface area contributed by atoms with E-state index in [1.54, 1.807) is 0 Å². The van der Waals surface area contributed by atoms with Crippen molar-refractivity contribution < 1.29 is 4.74 Å². The molecule has 0 spiro atoms. The Morgan fingerprint density at radius 1 is 1.19 bits per heavy atom. The molecule has 0 aliphatic carbocycles. The van der Waals surface area contributed by atoms with Crippen molar-refractivity contribution in [3.8, 4) is 5.75 Å². The standard InChI is InChI=1S/C11H14I3NO/c1-7(2)15-3-4-16-11-9(13)5-8(12)6-10(11)14/h5-7,15H,3-4H2,1-2H3. The molecule has 1 aromatic rings. The maximum absolute atomic E-state index is 5.79. The summed E-state index contributed by atoms with van der Waals surface area (Å²) in [5.74, 6) is 1.01. The van der Waals surface area contributed by atoms with Crippen LogP contribution in [0.5, 0.6) is 5.75 Å². The summed E-state index contributed by atoms with van der Waals surface area (Å²) >= 11 is 6.97. The van der Waals surface area contributed by atoms with Crippen molar-refractivity contribution in [1.82, 2.24) is 5.32 Å². The molecule has 0 aromatic heterocycles. The number of halogens is 3. The third kappa shape index (κ3) is 5.21. The van der Waals surface area contributed by atoms with Gasteiger partial charge < -0.3 is 10.1 Å². The molecule has 0 aliphatic rings. The molecule has 0 fully saturated rings. The zero-order valence-corrected chi connectivity index (χ0v) is 15.7. The summed E-state index contributed by atoms with van der Waals surface area (Å²) in [4.78, 5) is 0. The Hall–Kier alpha value is 1.17. The summed E-state index contributed by atoms with van der Waals surface area (Å²) in [5, 5.41) is 3.33. The summed E-state index contributed by atoms with van der Waals surface area (Å²) < 4.78 is 9.40. The molecule has 1 rings (SSSR count). The normalized spacial score (nSPS) is 10.9. The summed E-state index contributed by atoms with van der Waals surface area (Å²) in [7, 11) is 0. The Balaban J connectivity index is 2.54. The molecule has 1 aromatic carbocycles. The molecule has 0 radical (unpaired) electrons. The first-order valence-corrected chi connectivity index (χ1v) is 8.25. The third-order valence-electron chi connectivity index (χ3n) is 1.86. The van der Waals surface area contributed by atoms with Crippen molar-refractivity contribution in [3.63, 3.8) is 0 Å². The second-order valence-electron chi connectivity index (χ2n) is 3.66. The first kappa shape index (κ1) is 15.2. The number of rotatable bonds is 5. The molecule has 0 amide bonds. The maximum Gasteiger partial charge on any atom is 0.146 e. The van der Waals surface area contributed by atoms with Gasteiger partial charge in [0.2, 0.25) is 0 Å². The van der Waals surface area contributed by atoms with E-state index in [4.69, 9.17) is 4.74 Å². The molecule has 0 atom stereocenters. The highest BCUT2D eigenvalue weighted by Crippen LogP contribution is 2.29. The van der Waals surface area contributed by atoms with Gasteiger partial charge in [-0.15, -0.1) is 0 Å². The lowest BCUT2D eigenvalue weighted by Gasteiger charge is -2.12. The fourth-order valence-electron chi connectivity index (χ4n) is 1.17. The summed E-state index contributed by atoms with van der Waals surface area (Å²) in [6, 6.07) is 4.78. The second-order valence-corrected chi connectivity index (χ2v) is 7.23. The van der Waals surface area contributed by atoms with E-state index in [0.29, 0.717) is 12.6 Å².